The van der Waals surface area contributed by atoms with Gasteiger partial charge in [-0.1, -0.05) is 18.2 Å². The van der Waals surface area contributed by atoms with E-state index in [1.54, 1.807) is 42.6 Å². The van der Waals surface area contributed by atoms with E-state index in [0.29, 0.717) is 36.7 Å². The fourth-order valence-corrected chi connectivity index (χ4v) is 4.08. The number of nitrogens with zero attached hydrogens (tertiary/aromatic N) is 3. The molecule has 0 atom stereocenters. The summed E-state index contributed by atoms with van der Waals surface area (Å²) < 4.78 is 37.4. The van der Waals surface area contributed by atoms with E-state index < -0.39 is 10.0 Å². The maximum absolute atomic E-state index is 12.6. The van der Waals surface area contributed by atoms with Crippen LogP contribution in [-0.2, 0) is 10.0 Å². The zero-order valence-electron chi connectivity index (χ0n) is 13.3. The van der Waals surface area contributed by atoms with Gasteiger partial charge in [0.05, 0.1) is 12.0 Å². The fraction of sp³-hybridized carbons (Fsp3) is 0.375. The van der Waals surface area contributed by atoms with Gasteiger partial charge in [0.2, 0.25) is 15.9 Å². The van der Waals surface area contributed by atoms with E-state index in [0.717, 1.165) is 0 Å². The average Bonchev–Trinajstić information content (AvgIpc) is 2.63. The molecule has 0 N–H and O–H groups in total. The molecule has 1 aliphatic heterocycles. The molecule has 24 heavy (non-hydrogen) atoms. The normalized spacial score (nSPS) is 16.7. The SMILES string of the molecule is COc1nccc(OC2CCN(S(=O)(=O)c3ccccc3)CC2)n1. The minimum atomic E-state index is -3.44. The van der Waals surface area contributed by atoms with Crippen LogP contribution < -0.4 is 9.47 Å². The summed E-state index contributed by atoms with van der Waals surface area (Å²) in [6, 6.07) is 10.4. The Balaban J connectivity index is 1.61. The molecule has 2 heterocycles. The van der Waals surface area contributed by atoms with Crippen LogP contribution >= 0.6 is 0 Å². The van der Waals surface area contributed by atoms with Crippen LogP contribution in [-0.4, -0.2) is 49.0 Å². The molecule has 0 radical (unpaired) electrons. The van der Waals surface area contributed by atoms with Crippen molar-refractivity contribution in [1.82, 2.24) is 14.3 Å². The topological polar surface area (TPSA) is 81.6 Å². The second-order valence-electron chi connectivity index (χ2n) is 5.42. The van der Waals surface area contributed by atoms with Crippen molar-refractivity contribution < 1.29 is 17.9 Å². The lowest BCUT2D eigenvalue weighted by atomic mass is 10.1. The molecule has 7 nitrogen and oxygen atoms in total. The van der Waals surface area contributed by atoms with Gasteiger partial charge in [-0.3, -0.25) is 0 Å². The van der Waals surface area contributed by atoms with Crippen molar-refractivity contribution in [2.75, 3.05) is 20.2 Å². The van der Waals surface area contributed by atoms with E-state index in [4.69, 9.17) is 9.47 Å². The first-order valence-electron chi connectivity index (χ1n) is 7.68. The highest BCUT2D eigenvalue weighted by Crippen LogP contribution is 2.23. The molecule has 2 aromatic rings. The first kappa shape index (κ1) is 16.7. The summed E-state index contributed by atoms with van der Waals surface area (Å²) in [6.45, 7) is 0.841. The molecule has 1 aromatic carbocycles. The van der Waals surface area contributed by atoms with Crippen molar-refractivity contribution in [3.63, 3.8) is 0 Å². The highest BCUT2D eigenvalue weighted by Gasteiger charge is 2.30. The molecule has 1 aromatic heterocycles. The molecule has 0 saturated carbocycles. The van der Waals surface area contributed by atoms with Crippen molar-refractivity contribution in [3.05, 3.63) is 42.6 Å². The fourth-order valence-electron chi connectivity index (χ4n) is 2.59. The number of sulfonamides is 1. The van der Waals surface area contributed by atoms with Crippen molar-refractivity contribution in [1.29, 1.82) is 0 Å². The van der Waals surface area contributed by atoms with E-state index in [1.165, 1.54) is 11.4 Å². The van der Waals surface area contributed by atoms with E-state index in [-0.39, 0.29) is 12.1 Å². The predicted octanol–water partition coefficient (Wildman–Crippen LogP) is 1.72. The number of methoxy groups -OCH3 is 1. The summed E-state index contributed by atoms with van der Waals surface area (Å²) in [4.78, 5) is 8.37. The maximum atomic E-state index is 12.6. The number of piperidine rings is 1. The van der Waals surface area contributed by atoms with Gasteiger partial charge in [-0.05, 0) is 25.0 Å². The summed E-state index contributed by atoms with van der Waals surface area (Å²) in [5.41, 5.74) is 0. The third-order valence-electron chi connectivity index (χ3n) is 3.86. The summed E-state index contributed by atoms with van der Waals surface area (Å²) in [7, 11) is -1.94. The van der Waals surface area contributed by atoms with E-state index in [9.17, 15) is 8.42 Å². The predicted molar refractivity (Wildman–Crippen MR) is 87.4 cm³/mol. The summed E-state index contributed by atoms with van der Waals surface area (Å²) in [6.07, 6.45) is 2.71. The standard InChI is InChI=1S/C16H19N3O4S/c1-22-16-17-10-7-15(18-16)23-13-8-11-19(12-9-13)24(20,21)14-5-3-2-4-6-14/h2-7,10,13H,8-9,11-12H2,1H3. The van der Waals surface area contributed by atoms with Gasteiger partial charge in [0.15, 0.2) is 0 Å². The number of ether oxygens (including phenoxy) is 2. The molecular weight excluding hydrogens is 330 g/mol. The van der Waals surface area contributed by atoms with Gasteiger partial charge < -0.3 is 9.47 Å². The van der Waals surface area contributed by atoms with Gasteiger partial charge >= 0.3 is 6.01 Å². The summed E-state index contributed by atoms with van der Waals surface area (Å²) in [5.74, 6) is 0.436. The summed E-state index contributed by atoms with van der Waals surface area (Å²) >= 11 is 0. The monoisotopic (exact) mass is 349 g/mol. The zero-order valence-corrected chi connectivity index (χ0v) is 14.1. The quantitative estimate of drug-likeness (QED) is 0.817. The zero-order chi connectivity index (χ0) is 17.0. The Morgan fingerprint density at radius 2 is 1.83 bits per heavy atom. The third-order valence-corrected chi connectivity index (χ3v) is 5.77. The Bertz CT molecular complexity index is 775. The molecule has 8 heteroatoms. The second kappa shape index (κ2) is 7.14. The van der Waals surface area contributed by atoms with Gasteiger partial charge in [-0.2, -0.15) is 9.29 Å². The number of aromatic nitrogens is 2. The Labute approximate surface area is 141 Å². The molecule has 0 aliphatic carbocycles. The Morgan fingerprint density at radius 1 is 1.12 bits per heavy atom. The lowest BCUT2D eigenvalue weighted by Crippen LogP contribution is -2.41. The number of benzene rings is 1. The summed E-state index contributed by atoms with van der Waals surface area (Å²) in [5, 5.41) is 0. The van der Waals surface area contributed by atoms with Crippen LogP contribution in [0.25, 0.3) is 0 Å². The smallest absolute Gasteiger partial charge is 0.319 e. The van der Waals surface area contributed by atoms with Crippen molar-refractivity contribution >= 4 is 10.0 Å². The van der Waals surface area contributed by atoms with E-state index in [2.05, 4.69) is 9.97 Å². The minimum absolute atomic E-state index is 0.0770. The third kappa shape index (κ3) is 3.65. The molecule has 1 fully saturated rings. The molecule has 0 unspecified atom stereocenters. The molecular formula is C16H19N3O4S. The van der Waals surface area contributed by atoms with Crippen LogP contribution in [0, 0.1) is 0 Å². The van der Waals surface area contributed by atoms with Crippen molar-refractivity contribution in [3.8, 4) is 11.9 Å². The molecule has 3 rings (SSSR count). The van der Waals surface area contributed by atoms with Gasteiger partial charge in [-0.15, -0.1) is 0 Å². The molecule has 0 bridgehead atoms. The number of hydrogen-bond acceptors (Lipinski definition) is 6. The maximum Gasteiger partial charge on any atom is 0.319 e. The Kier molecular flexibility index (Phi) is 4.96. The van der Waals surface area contributed by atoms with Gasteiger partial charge in [0.25, 0.3) is 0 Å². The first-order chi connectivity index (χ1) is 11.6. The van der Waals surface area contributed by atoms with Gasteiger partial charge in [0.1, 0.15) is 6.10 Å². The molecule has 0 amide bonds. The van der Waals surface area contributed by atoms with Crippen LogP contribution in [0.2, 0.25) is 0 Å². The average molecular weight is 349 g/mol. The largest absolute Gasteiger partial charge is 0.474 e. The number of rotatable bonds is 5. The van der Waals surface area contributed by atoms with Crippen LogP contribution in [0.5, 0.6) is 11.9 Å². The van der Waals surface area contributed by atoms with Crippen LogP contribution in [0.1, 0.15) is 12.8 Å². The highest BCUT2D eigenvalue weighted by atomic mass is 32.2. The lowest BCUT2D eigenvalue weighted by molar-refractivity contribution is 0.128. The highest BCUT2D eigenvalue weighted by molar-refractivity contribution is 7.89. The molecule has 128 valence electrons. The first-order valence-corrected chi connectivity index (χ1v) is 9.12. The van der Waals surface area contributed by atoms with Crippen LogP contribution in [0.3, 0.4) is 0 Å². The van der Waals surface area contributed by atoms with Gasteiger partial charge in [0, 0.05) is 25.4 Å². The van der Waals surface area contributed by atoms with E-state index >= 15 is 0 Å². The van der Waals surface area contributed by atoms with Gasteiger partial charge in [-0.25, -0.2) is 13.4 Å². The second-order valence-corrected chi connectivity index (χ2v) is 7.35. The molecule has 1 aliphatic rings. The van der Waals surface area contributed by atoms with Crippen molar-refractivity contribution in [2.24, 2.45) is 0 Å². The van der Waals surface area contributed by atoms with Crippen molar-refractivity contribution in [2.45, 2.75) is 23.8 Å². The minimum Gasteiger partial charge on any atom is -0.474 e. The van der Waals surface area contributed by atoms with Crippen LogP contribution in [0.15, 0.2) is 47.5 Å². The molecule has 0 spiro atoms. The Morgan fingerprint density at radius 3 is 2.50 bits per heavy atom. The molecule has 1 saturated heterocycles. The van der Waals surface area contributed by atoms with E-state index in [1.807, 2.05) is 0 Å². The number of hydrogen-bond donors (Lipinski definition) is 0. The lowest BCUT2D eigenvalue weighted by Gasteiger charge is -2.31. The van der Waals surface area contributed by atoms with Crippen LogP contribution in [0.4, 0.5) is 0 Å². The Hall–Kier alpha value is -2.19.